The third kappa shape index (κ3) is 2.57. The average molecular weight is 636 g/mol. The fraction of sp³-hybridized carbons (Fsp3) is 0.179. The van der Waals surface area contributed by atoms with Crippen LogP contribution in [0.1, 0.15) is 55.9 Å². The summed E-state index contributed by atoms with van der Waals surface area (Å²) in [7, 11) is 0. The van der Waals surface area contributed by atoms with Crippen LogP contribution in [-0.2, 0) is 5.91 Å². The lowest BCUT2D eigenvalue weighted by Gasteiger charge is -2.40. The fourth-order valence-corrected chi connectivity index (χ4v) is 9.87. The van der Waals surface area contributed by atoms with E-state index in [0.717, 1.165) is 4.48 Å². The molecule has 2 aromatic heterocycles. The van der Waals surface area contributed by atoms with Crippen molar-refractivity contribution >= 4 is 44.6 Å². The molecule has 1 atom stereocenters. The third-order valence-electron chi connectivity index (χ3n) is 10.4. The van der Waals surface area contributed by atoms with Crippen molar-refractivity contribution in [1.82, 2.24) is 9.13 Å². The summed E-state index contributed by atoms with van der Waals surface area (Å²) in [6.45, 7) is 13.4. The number of nitrogens with zero attached hydrogens (tertiary/aromatic N) is 4. The minimum absolute atomic E-state index is 0.664. The van der Waals surface area contributed by atoms with Crippen LogP contribution in [0.3, 0.4) is 0 Å². The summed E-state index contributed by atoms with van der Waals surface area (Å²) in [5.41, 5.74) is 20.5. The molecule has 212 valence electrons. The first-order valence-corrected chi connectivity index (χ1v) is 16.2. The van der Waals surface area contributed by atoms with Gasteiger partial charge in [0.2, 0.25) is 22.8 Å². The van der Waals surface area contributed by atoms with E-state index in [2.05, 4.69) is 155 Å². The molecule has 0 bridgehead atoms. The highest BCUT2D eigenvalue weighted by atomic mass is 79.9. The second-order valence-corrected chi connectivity index (χ2v) is 14.0. The van der Waals surface area contributed by atoms with Crippen LogP contribution in [0, 0.1) is 41.5 Å². The first-order valence-electron chi connectivity index (χ1n) is 15.4. The number of aryl methyl sites for hydroxylation is 6. The predicted octanol–water partition coefficient (Wildman–Crippen LogP) is 6.05. The molecule has 2 aromatic carbocycles. The lowest BCUT2D eigenvalue weighted by molar-refractivity contribution is -0.836. The SMILES string of the molecule is Cc1cc(C)c(C2=C3C=CC4=[N+]3C35n6c(ccc62)C=c2ccc(n23)=C(c2c(C)cc(C)cc2C)C2=[N+]5C(=C4Br)C=C2)c(C)c1. The van der Waals surface area contributed by atoms with Crippen LogP contribution in [0.4, 0.5) is 0 Å². The molecule has 0 radical (unpaired) electrons. The first-order chi connectivity index (χ1) is 21.2. The Balaban J connectivity index is 1.43. The van der Waals surface area contributed by atoms with Gasteiger partial charge in [0.25, 0.3) is 0 Å². The second-order valence-electron chi connectivity index (χ2n) is 13.2. The largest absolute Gasteiger partial charge is 0.553 e. The van der Waals surface area contributed by atoms with Crippen LogP contribution >= 0.6 is 15.9 Å². The van der Waals surface area contributed by atoms with Gasteiger partial charge >= 0.3 is 5.91 Å². The van der Waals surface area contributed by atoms with Crippen LogP contribution in [-0.4, -0.2) is 29.7 Å². The molecule has 6 aliphatic rings. The lowest BCUT2D eigenvalue weighted by atomic mass is 9.88. The summed E-state index contributed by atoms with van der Waals surface area (Å²) in [5, 5.41) is 2.47. The van der Waals surface area contributed by atoms with Gasteiger partial charge in [0, 0.05) is 24.3 Å². The number of hydrogen-bond donors (Lipinski definition) is 0. The zero-order valence-electron chi connectivity index (χ0n) is 25.7. The number of hydrogen-bond acceptors (Lipinski definition) is 0. The van der Waals surface area contributed by atoms with Gasteiger partial charge in [-0.3, -0.25) is 0 Å². The minimum Gasteiger partial charge on any atom is -0.199 e. The topological polar surface area (TPSA) is 15.9 Å². The Kier molecular flexibility index (Phi) is 4.40. The van der Waals surface area contributed by atoms with Crippen LogP contribution < -0.4 is 10.7 Å². The molecule has 4 nitrogen and oxygen atoms in total. The normalized spacial score (nSPS) is 21.2. The van der Waals surface area contributed by atoms with Gasteiger partial charge in [-0.25, -0.2) is 0 Å². The molecule has 44 heavy (non-hydrogen) atoms. The van der Waals surface area contributed by atoms with Crippen LogP contribution in [0.15, 0.2) is 88.7 Å². The van der Waals surface area contributed by atoms with Crippen molar-refractivity contribution in [3.8, 4) is 0 Å². The number of allylic oxidation sites excluding steroid dienone is 5. The molecular formula is C39H31BrN4+2. The van der Waals surface area contributed by atoms with Gasteiger partial charge in [-0.15, -0.1) is 0 Å². The molecule has 0 aliphatic carbocycles. The van der Waals surface area contributed by atoms with E-state index >= 15 is 0 Å². The summed E-state index contributed by atoms with van der Waals surface area (Å²) in [6, 6.07) is 18.6. The molecule has 0 amide bonds. The van der Waals surface area contributed by atoms with E-state index < -0.39 is 5.91 Å². The van der Waals surface area contributed by atoms with Gasteiger partial charge in [0.05, 0.1) is 33.2 Å². The maximum atomic E-state index is 4.12. The number of aromatic nitrogens is 2. The highest BCUT2D eigenvalue weighted by Gasteiger charge is 2.72. The first kappa shape index (κ1) is 24.9. The van der Waals surface area contributed by atoms with Gasteiger partial charge in [0.1, 0.15) is 0 Å². The third-order valence-corrected chi connectivity index (χ3v) is 11.2. The second kappa shape index (κ2) is 7.77. The van der Waals surface area contributed by atoms with Crippen molar-refractivity contribution in [2.75, 3.05) is 0 Å². The molecule has 6 aliphatic heterocycles. The van der Waals surface area contributed by atoms with Gasteiger partial charge in [-0.1, -0.05) is 44.5 Å². The van der Waals surface area contributed by atoms with Gasteiger partial charge in [0.15, 0.2) is 4.48 Å². The van der Waals surface area contributed by atoms with E-state index in [1.165, 1.54) is 101 Å². The summed E-state index contributed by atoms with van der Waals surface area (Å²) in [4.78, 5) is 0. The fourth-order valence-electron chi connectivity index (χ4n) is 9.25. The van der Waals surface area contributed by atoms with E-state index in [4.69, 9.17) is 0 Å². The molecule has 0 saturated heterocycles. The lowest BCUT2D eigenvalue weighted by Crippen LogP contribution is -2.70. The molecule has 1 unspecified atom stereocenters. The van der Waals surface area contributed by atoms with Crippen LogP contribution in [0.2, 0.25) is 0 Å². The monoisotopic (exact) mass is 634 g/mol. The Hall–Kier alpha value is -4.48. The Morgan fingerprint density at radius 3 is 1.89 bits per heavy atom. The Morgan fingerprint density at radius 2 is 1.20 bits per heavy atom. The molecule has 10 rings (SSSR count). The van der Waals surface area contributed by atoms with Crippen molar-refractivity contribution in [2.45, 2.75) is 47.5 Å². The minimum atomic E-state index is -0.664. The van der Waals surface area contributed by atoms with Crippen molar-refractivity contribution < 1.29 is 9.15 Å². The number of benzene rings is 2. The molecule has 0 N–H and O–H groups in total. The quantitative estimate of drug-likeness (QED) is 0.239. The highest BCUT2D eigenvalue weighted by Crippen LogP contribution is 2.51. The summed E-state index contributed by atoms with van der Waals surface area (Å²) in [6.07, 6.45) is 11.7. The van der Waals surface area contributed by atoms with E-state index in [0.29, 0.717) is 0 Å². The summed E-state index contributed by atoms with van der Waals surface area (Å²) in [5.74, 6) is -0.664. The van der Waals surface area contributed by atoms with E-state index in [1.54, 1.807) is 0 Å². The van der Waals surface area contributed by atoms with Crippen molar-refractivity contribution in [3.05, 3.63) is 155 Å². The van der Waals surface area contributed by atoms with Gasteiger partial charge < -0.3 is 0 Å². The zero-order valence-corrected chi connectivity index (χ0v) is 27.3. The van der Waals surface area contributed by atoms with Crippen molar-refractivity contribution in [2.24, 2.45) is 0 Å². The van der Waals surface area contributed by atoms with Gasteiger partial charge in [-0.2, -0.15) is 9.13 Å². The Bertz CT molecular complexity index is 2450. The molecule has 0 saturated carbocycles. The number of halogens is 1. The summed E-state index contributed by atoms with van der Waals surface area (Å²) < 4.78 is 11.5. The molecule has 4 aromatic rings. The van der Waals surface area contributed by atoms with E-state index in [-0.39, 0.29) is 0 Å². The Labute approximate surface area is 264 Å². The van der Waals surface area contributed by atoms with E-state index in [9.17, 15) is 0 Å². The maximum absolute atomic E-state index is 4.12. The number of rotatable bonds is 2. The molecular weight excluding hydrogens is 604 g/mol. The summed E-state index contributed by atoms with van der Waals surface area (Å²) >= 11 is 4.12. The molecule has 5 heteroatoms. The standard InChI is InChI=1S/C39H31BrN4/c1-20-15-22(3)34(23(4)16-20)36-28-9-7-26-19-27-8-10-29-37(35-24(5)17-21(2)18-25(35)6)31-12-14-33-38(40)32-13-11-30(36)43(32)39(41(26)28,42(27)29)44(31)33/h7-19H,1-6H3/q+2. The van der Waals surface area contributed by atoms with Crippen molar-refractivity contribution in [1.29, 1.82) is 0 Å². The predicted molar refractivity (Wildman–Crippen MR) is 180 cm³/mol. The Morgan fingerprint density at radius 1 is 0.614 bits per heavy atom. The smallest absolute Gasteiger partial charge is 0.199 e. The highest BCUT2D eigenvalue weighted by molar-refractivity contribution is 9.12. The van der Waals surface area contributed by atoms with Crippen LogP contribution in [0.5, 0.6) is 0 Å². The van der Waals surface area contributed by atoms with E-state index in [1.807, 2.05) is 0 Å². The zero-order chi connectivity index (χ0) is 30.0. The molecule has 1 spiro atoms. The van der Waals surface area contributed by atoms with Crippen LogP contribution in [0.25, 0.3) is 17.2 Å². The van der Waals surface area contributed by atoms with Crippen molar-refractivity contribution in [3.63, 3.8) is 0 Å². The average Bonchev–Trinajstić information content (AvgIpc) is 3.76. The molecule has 0 fully saturated rings. The molecule has 8 heterocycles. The van der Waals surface area contributed by atoms with Gasteiger partial charge in [-0.05, 0) is 121 Å². The maximum Gasteiger partial charge on any atom is 0.553 e.